The van der Waals surface area contributed by atoms with Crippen LogP contribution in [0, 0.1) is 5.41 Å². The first-order chi connectivity index (χ1) is 8.83. The summed E-state index contributed by atoms with van der Waals surface area (Å²) in [6.45, 7) is 15.6. The van der Waals surface area contributed by atoms with Crippen molar-refractivity contribution in [2.45, 2.75) is 65.5 Å². The van der Waals surface area contributed by atoms with Crippen molar-refractivity contribution < 1.29 is 4.74 Å². The molecule has 19 heavy (non-hydrogen) atoms. The SMILES string of the molecule is CCC(C)(C(CCC(C)(C)C)NC)N1CCOCC1. The molecule has 0 amide bonds. The Morgan fingerprint density at radius 3 is 2.16 bits per heavy atom. The molecular weight excluding hydrogens is 236 g/mol. The summed E-state index contributed by atoms with van der Waals surface area (Å²) in [4.78, 5) is 2.63. The van der Waals surface area contributed by atoms with Crippen LogP contribution in [-0.2, 0) is 4.74 Å². The summed E-state index contributed by atoms with van der Waals surface area (Å²) in [6, 6.07) is 0.551. The zero-order chi connectivity index (χ0) is 14.5. The van der Waals surface area contributed by atoms with Crippen molar-refractivity contribution in [1.82, 2.24) is 10.2 Å². The molecule has 0 saturated carbocycles. The Morgan fingerprint density at radius 1 is 1.16 bits per heavy atom. The smallest absolute Gasteiger partial charge is 0.0594 e. The summed E-state index contributed by atoms with van der Waals surface area (Å²) in [5.74, 6) is 0. The maximum absolute atomic E-state index is 5.50. The molecule has 0 radical (unpaired) electrons. The summed E-state index contributed by atoms with van der Waals surface area (Å²) >= 11 is 0. The molecule has 0 aromatic rings. The van der Waals surface area contributed by atoms with Crippen LogP contribution in [0.25, 0.3) is 0 Å². The standard InChI is InChI=1S/C16H34N2O/c1-7-16(5,18-10-12-19-13-11-18)14(17-6)8-9-15(2,3)4/h14,17H,7-13H2,1-6H3. The van der Waals surface area contributed by atoms with E-state index in [1.54, 1.807) is 0 Å². The van der Waals surface area contributed by atoms with Gasteiger partial charge in [-0.15, -0.1) is 0 Å². The van der Waals surface area contributed by atoms with Crippen molar-refractivity contribution in [3.8, 4) is 0 Å². The number of rotatable bonds is 6. The lowest BCUT2D eigenvalue weighted by Crippen LogP contribution is -2.61. The van der Waals surface area contributed by atoms with Crippen LogP contribution in [0.5, 0.6) is 0 Å². The molecule has 0 spiro atoms. The van der Waals surface area contributed by atoms with Gasteiger partial charge in [0.25, 0.3) is 0 Å². The van der Waals surface area contributed by atoms with Gasteiger partial charge < -0.3 is 10.1 Å². The molecule has 114 valence electrons. The first-order valence-electron chi connectivity index (χ1n) is 7.83. The second-order valence-corrected chi connectivity index (χ2v) is 7.25. The largest absolute Gasteiger partial charge is 0.379 e. The zero-order valence-corrected chi connectivity index (χ0v) is 13.9. The van der Waals surface area contributed by atoms with Crippen LogP contribution >= 0.6 is 0 Å². The topological polar surface area (TPSA) is 24.5 Å². The van der Waals surface area contributed by atoms with Crippen LogP contribution in [0.1, 0.15) is 53.9 Å². The van der Waals surface area contributed by atoms with E-state index in [-0.39, 0.29) is 5.54 Å². The van der Waals surface area contributed by atoms with Crippen LogP contribution in [0.3, 0.4) is 0 Å². The summed E-state index contributed by atoms with van der Waals surface area (Å²) in [5, 5.41) is 3.58. The lowest BCUT2D eigenvalue weighted by molar-refractivity contribution is -0.0336. The van der Waals surface area contributed by atoms with Gasteiger partial charge in [0.2, 0.25) is 0 Å². The van der Waals surface area contributed by atoms with E-state index in [4.69, 9.17) is 4.74 Å². The molecule has 1 fully saturated rings. The van der Waals surface area contributed by atoms with Gasteiger partial charge in [0.05, 0.1) is 13.2 Å². The van der Waals surface area contributed by atoms with Gasteiger partial charge in [0, 0.05) is 24.7 Å². The molecule has 2 unspecified atom stereocenters. The highest BCUT2D eigenvalue weighted by Crippen LogP contribution is 2.30. The number of nitrogens with zero attached hydrogens (tertiary/aromatic N) is 1. The molecule has 1 heterocycles. The molecule has 0 bridgehead atoms. The summed E-state index contributed by atoms with van der Waals surface area (Å²) < 4.78 is 5.50. The van der Waals surface area contributed by atoms with Crippen LogP contribution in [0.2, 0.25) is 0 Å². The lowest BCUT2D eigenvalue weighted by Gasteiger charge is -2.48. The molecular formula is C16H34N2O. The van der Waals surface area contributed by atoms with Crippen molar-refractivity contribution in [2.24, 2.45) is 5.41 Å². The molecule has 0 aromatic heterocycles. The third-order valence-electron chi connectivity index (χ3n) is 4.73. The third-order valence-corrected chi connectivity index (χ3v) is 4.73. The minimum atomic E-state index is 0.240. The van der Waals surface area contributed by atoms with Crippen LogP contribution in [0.4, 0.5) is 0 Å². The molecule has 1 rings (SSSR count). The molecule has 3 heteroatoms. The normalized spacial score (nSPS) is 23.1. The maximum Gasteiger partial charge on any atom is 0.0594 e. The van der Waals surface area contributed by atoms with E-state index in [0.29, 0.717) is 11.5 Å². The Morgan fingerprint density at radius 2 is 1.74 bits per heavy atom. The van der Waals surface area contributed by atoms with Gasteiger partial charge in [-0.3, -0.25) is 4.90 Å². The summed E-state index contributed by atoms with van der Waals surface area (Å²) in [5.41, 5.74) is 0.651. The predicted octanol–water partition coefficient (Wildman–Crippen LogP) is 2.90. The number of hydrogen-bond donors (Lipinski definition) is 1. The Kier molecular flexibility index (Phi) is 6.28. The fourth-order valence-electron chi connectivity index (χ4n) is 3.11. The van der Waals surface area contributed by atoms with E-state index in [0.717, 1.165) is 26.3 Å². The van der Waals surface area contributed by atoms with E-state index in [1.165, 1.54) is 19.3 Å². The Labute approximate surface area is 120 Å². The monoisotopic (exact) mass is 270 g/mol. The second-order valence-electron chi connectivity index (χ2n) is 7.25. The fraction of sp³-hybridized carbons (Fsp3) is 1.00. The number of ether oxygens (including phenoxy) is 1. The molecule has 1 aliphatic rings. The van der Waals surface area contributed by atoms with Crippen molar-refractivity contribution in [3.05, 3.63) is 0 Å². The molecule has 2 atom stereocenters. The third kappa shape index (κ3) is 4.73. The van der Waals surface area contributed by atoms with Gasteiger partial charge in [-0.2, -0.15) is 0 Å². The van der Waals surface area contributed by atoms with Crippen molar-refractivity contribution in [3.63, 3.8) is 0 Å². The second kappa shape index (κ2) is 7.05. The van der Waals surface area contributed by atoms with Gasteiger partial charge in [-0.05, 0) is 38.6 Å². The van der Waals surface area contributed by atoms with Crippen molar-refractivity contribution >= 4 is 0 Å². The molecule has 0 aromatic carbocycles. The molecule has 0 aliphatic carbocycles. The highest BCUT2D eigenvalue weighted by molar-refractivity contribution is 4.97. The van der Waals surface area contributed by atoms with Crippen LogP contribution in [-0.4, -0.2) is 49.8 Å². The molecule has 1 saturated heterocycles. The summed E-state index contributed by atoms with van der Waals surface area (Å²) in [6.07, 6.45) is 3.68. The number of nitrogens with one attached hydrogen (secondary N) is 1. The maximum atomic E-state index is 5.50. The van der Waals surface area contributed by atoms with Crippen LogP contribution in [0.15, 0.2) is 0 Å². The Bertz CT molecular complexity index is 256. The highest BCUT2D eigenvalue weighted by Gasteiger charge is 2.38. The van der Waals surface area contributed by atoms with E-state index in [9.17, 15) is 0 Å². The van der Waals surface area contributed by atoms with Gasteiger partial charge in [0.15, 0.2) is 0 Å². The Hall–Kier alpha value is -0.120. The zero-order valence-electron chi connectivity index (χ0n) is 13.9. The van der Waals surface area contributed by atoms with E-state index in [2.05, 4.69) is 51.9 Å². The van der Waals surface area contributed by atoms with E-state index in [1.807, 2.05) is 0 Å². The summed E-state index contributed by atoms with van der Waals surface area (Å²) in [7, 11) is 2.11. The molecule has 1 N–H and O–H groups in total. The molecule has 1 aliphatic heterocycles. The van der Waals surface area contributed by atoms with E-state index < -0.39 is 0 Å². The quantitative estimate of drug-likeness (QED) is 0.803. The number of morpholine rings is 1. The number of likely N-dealkylation sites (N-methyl/N-ethyl adjacent to an activating group) is 1. The van der Waals surface area contributed by atoms with Crippen molar-refractivity contribution in [1.29, 1.82) is 0 Å². The first kappa shape index (κ1) is 16.9. The number of hydrogen-bond acceptors (Lipinski definition) is 3. The molecule has 3 nitrogen and oxygen atoms in total. The first-order valence-corrected chi connectivity index (χ1v) is 7.83. The Balaban J connectivity index is 2.71. The van der Waals surface area contributed by atoms with E-state index >= 15 is 0 Å². The lowest BCUT2D eigenvalue weighted by atomic mass is 9.80. The highest BCUT2D eigenvalue weighted by atomic mass is 16.5. The predicted molar refractivity (Wildman–Crippen MR) is 82.6 cm³/mol. The fourth-order valence-corrected chi connectivity index (χ4v) is 3.11. The average Bonchev–Trinajstić information content (AvgIpc) is 2.38. The van der Waals surface area contributed by atoms with Gasteiger partial charge in [0.1, 0.15) is 0 Å². The minimum absolute atomic E-state index is 0.240. The van der Waals surface area contributed by atoms with Gasteiger partial charge in [-0.1, -0.05) is 27.7 Å². The average molecular weight is 270 g/mol. The van der Waals surface area contributed by atoms with Gasteiger partial charge >= 0.3 is 0 Å². The van der Waals surface area contributed by atoms with Gasteiger partial charge in [-0.25, -0.2) is 0 Å². The van der Waals surface area contributed by atoms with Crippen molar-refractivity contribution in [2.75, 3.05) is 33.4 Å². The van der Waals surface area contributed by atoms with Crippen LogP contribution < -0.4 is 5.32 Å². The minimum Gasteiger partial charge on any atom is -0.379 e.